The third-order valence-electron chi connectivity index (χ3n) is 8.29. The van der Waals surface area contributed by atoms with Crippen molar-refractivity contribution in [3.63, 3.8) is 0 Å². The molecule has 3 nitrogen and oxygen atoms in total. The van der Waals surface area contributed by atoms with Crippen molar-refractivity contribution < 1.29 is 24.5 Å². The smallest absolute Gasteiger partial charge is 0.120 e. The molecule has 0 fully saturated rings. The molecule has 1 radical (unpaired) electrons. The maximum Gasteiger partial charge on any atom is 0.120 e. The Labute approximate surface area is 277 Å². The van der Waals surface area contributed by atoms with E-state index in [1.165, 1.54) is 32.6 Å². The largest absolute Gasteiger partial charge is 0.501 e. The van der Waals surface area contributed by atoms with Crippen molar-refractivity contribution >= 4 is 35.2 Å². The molecule has 1 atom stereocenters. The van der Waals surface area contributed by atoms with Gasteiger partial charge in [-0.1, -0.05) is 86.8 Å². The number of hydrogen-bond donors (Lipinski definition) is 0. The van der Waals surface area contributed by atoms with Gasteiger partial charge in [0.05, 0.1) is 5.58 Å². The maximum absolute atomic E-state index is 6.45. The zero-order valence-corrected chi connectivity index (χ0v) is 30.5. The van der Waals surface area contributed by atoms with Crippen LogP contribution in [0.15, 0.2) is 89.6 Å². The maximum atomic E-state index is 6.45. The average molecular weight is 775 g/mol. The molecule has 0 amide bonds. The number of furan rings is 1. The molecule has 0 N–H and O–H groups in total. The summed E-state index contributed by atoms with van der Waals surface area (Å²) in [7, 11) is -1.58. The Balaban J connectivity index is 0.000000264. The molecule has 3 heterocycles. The van der Waals surface area contributed by atoms with Crippen LogP contribution in [0, 0.1) is 31.9 Å². The van der Waals surface area contributed by atoms with Gasteiger partial charge in [-0.3, -0.25) is 0 Å². The number of pyridine rings is 2. The summed E-state index contributed by atoms with van der Waals surface area (Å²) in [5.41, 5.74) is 9.76. The average Bonchev–Trinajstić information content (AvgIpc) is 3.38. The Bertz CT molecular complexity index is 1850. The van der Waals surface area contributed by atoms with Crippen LogP contribution in [0.3, 0.4) is 0 Å². The standard InChI is InChI=1S/C27H32NOSi.C12H10N.Ir/c1-8-19(17(2)3)20-15-16-28-26(18(20)4)22-13-14-24(30(5,6)7)25-21-11-9-10-12-23(21)29-27(22)25;1-10-7-8-13-12(9-10)11-5-3-2-4-6-11;/h9-12,14-17,19H,8H2,1-7H3;2-5,7-9H,1H3;/q2*-1;. The van der Waals surface area contributed by atoms with Gasteiger partial charge in [0.1, 0.15) is 5.58 Å². The van der Waals surface area contributed by atoms with Crippen molar-refractivity contribution in [3.05, 3.63) is 114 Å². The SMILES string of the molecule is CCC(c1ccnc(-c2[c-]cc([Si](C)(C)C)c3c2oc2ccccc23)c1C)C(C)C.Cc1ccnc(-c2[c-]cccc2)c1.[Ir]. The fourth-order valence-electron chi connectivity index (χ4n) is 6.03. The number of rotatable bonds is 6. The molecule has 3 aromatic heterocycles. The van der Waals surface area contributed by atoms with Crippen molar-refractivity contribution in [2.24, 2.45) is 5.92 Å². The summed E-state index contributed by atoms with van der Waals surface area (Å²) in [6, 6.07) is 31.5. The van der Waals surface area contributed by atoms with E-state index >= 15 is 0 Å². The predicted molar refractivity (Wildman–Crippen MR) is 185 cm³/mol. The van der Waals surface area contributed by atoms with E-state index in [4.69, 9.17) is 9.40 Å². The zero-order valence-electron chi connectivity index (χ0n) is 27.1. The second kappa shape index (κ2) is 14.2. The first-order valence-corrected chi connectivity index (χ1v) is 18.8. The van der Waals surface area contributed by atoms with Gasteiger partial charge in [0, 0.05) is 46.0 Å². The second-order valence-electron chi connectivity index (χ2n) is 12.8. The van der Waals surface area contributed by atoms with Gasteiger partial charge in [-0.2, -0.15) is 0 Å². The van der Waals surface area contributed by atoms with E-state index < -0.39 is 8.07 Å². The fourth-order valence-corrected chi connectivity index (χ4v) is 7.53. The van der Waals surface area contributed by atoms with Crippen molar-refractivity contribution in [1.82, 2.24) is 9.97 Å². The van der Waals surface area contributed by atoms with Gasteiger partial charge in [-0.15, -0.1) is 53.2 Å². The summed E-state index contributed by atoms with van der Waals surface area (Å²) in [4.78, 5) is 9.10. The van der Waals surface area contributed by atoms with Crippen molar-refractivity contribution in [1.29, 1.82) is 0 Å². The van der Waals surface area contributed by atoms with Gasteiger partial charge < -0.3 is 14.4 Å². The molecule has 3 aromatic carbocycles. The van der Waals surface area contributed by atoms with E-state index in [1.807, 2.05) is 48.8 Å². The van der Waals surface area contributed by atoms with Crippen molar-refractivity contribution in [2.75, 3.05) is 0 Å². The van der Waals surface area contributed by atoms with Gasteiger partial charge in [-0.25, -0.2) is 0 Å². The zero-order chi connectivity index (χ0) is 30.7. The first kappa shape index (κ1) is 33.5. The van der Waals surface area contributed by atoms with Gasteiger partial charge in [0.25, 0.3) is 0 Å². The van der Waals surface area contributed by atoms with Gasteiger partial charge in [0.2, 0.25) is 0 Å². The summed E-state index contributed by atoms with van der Waals surface area (Å²) in [6.45, 7) is 18.3. The molecule has 5 heteroatoms. The summed E-state index contributed by atoms with van der Waals surface area (Å²) in [5, 5.41) is 3.84. The van der Waals surface area contributed by atoms with Crippen LogP contribution in [0.4, 0.5) is 0 Å². The van der Waals surface area contributed by atoms with Crippen LogP contribution in [0.25, 0.3) is 44.5 Å². The topological polar surface area (TPSA) is 38.9 Å². The number of para-hydroxylation sites is 1. The van der Waals surface area contributed by atoms with Crippen LogP contribution >= 0.6 is 0 Å². The minimum Gasteiger partial charge on any atom is -0.501 e. The Hall–Kier alpha value is -3.37. The monoisotopic (exact) mass is 775 g/mol. The van der Waals surface area contributed by atoms with Crippen LogP contribution in [0.5, 0.6) is 0 Å². The van der Waals surface area contributed by atoms with Crippen LogP contribution in [0.1, 0.15) is 49.8 Å². The van der Waals surface area contributed by atoms with Crippen molar-refractivity contribution in [2.45, 2.75) is 66.6 Å². The summed E-state index contributed by atoms with van der Waals surface area (Å²) in [5.74, 6) is 1.12. The first-order chi connectivity index (χ1) is 20.6. The minimum atomic E-state index is -1.58. The third-order valence-corrected chi connectivity index (χ3v) is 10.3. The van der Waals surface area contributed by atoms with E-state index in [0.29, 0.717) is 11.8 Å². The normalized spacial score (nSPS) is 12.1. The molecular weight excluding hydrogens is 733 g/mol. The van der Waals surface area contributed by atoms with E-state index in [2.05, 4.69) is 108 Å². The van der Waals surface area contributed by atoms with E-state index in [9.17, 15) is 0 Å². The molecular formula is C39H42IrN2OSi-2. The summed E-state index contributed by atoms with van der Waals surface area (Å²) >= 11 is 0. The first-order valence-electron chi connectivity index (χ1n) is 15.3. The van der Waals surface area contributed by atoms with Crippen LogP contribution in [-0.2, 0) is 20.1 Å². The number of nitrogens with zero attached hydrogens (tertiary/aromatic N) is 2. The Morgan fingerprint density at radius 1 is 0.886 bits per heavy atom. The number of benzene rings is 3. The molecule has 0 bridgehead atoms. The molecule has 44 heavy (non-hydrogen) atoms. The third kappa shape index (κ3) is 6.96. The minimum absolute atomic E-state index is 0. The molecule has 0 saturated carbocycles. The number of fused-ring (bicyclic) bond motifs is 3. The van der Waals surface area contributed by atoms with Crippen molar-refractivity contribution in [3.8, 4) is 22.5 Å². The van der Waals surface area contributed by atoms with E-state index in [1.54, 1.807) is 0 Å². The molecule has 229 valence electrons. The van der Waals surface area contributed by atoms with Crippen LogP contribution < -0.4 is 5.19 Å². The Kier molecular flexibility index (Phi) is 10.8. The molecule has 1 unspecified atom stereocenters. The molecule has 0 aliphatic rings. The number of hydrogen-bond acceptors (Lipinski definition) is 3. The van der Waals surface area contributed by atoms with Crippen LogP contribution in [-0.4, -0.2) is 18.0 Å². The van der Waals surface area contributed by atoms with Gasteiger partial charge >= 0.3 is 0 Å². The summed E-state index contributed by atoms with van der Waals surface area (Å²) in [6.07, 6.45) is 4.91. The fraction of sp³-hybridized carbons (Fsp3) is 0.282. The Morgan fingerprint density at radius 3 is 2.27 bits per heavy atom. The molecule has 0 aliphatic heterocycles. The quantitative estimate of drug-likeness (QED) is 0.125. The van der Waals surface area contributed by atoms with Gasteiger partial charge in [-0.05, 0) is 67.3 Å². The molecule has 6 aromatic rings. The number of aryl methyl sites for hydroxylation is 1. The predicted octanol–water partition coefficient (Wildman–Crippen LogP) is 10.3. The van der Waals surface area contributed by atoms with E-state index in [0.717, 1.165) is 40.1 Å². The second-order valence-corrected chi connectivity index (χ2v) is 17.8. The Morgan fingerprint density at radius 2 is 1.61 bits per heavy atom. The number of aromatic nitrogens is 2. The molecule has 6 rings (SSSR count). The molecule has 0 spiro atoms. The molecule has 0 aliphatic carbocycles. The van der Waals surface area contributed by atoms with Gasteiger partial charge in [0.15, 0.2) is 0 Å². The van der Waals surface area contributed by atoms with Crippen LogP contribution in [0.2, 0.25) is 19.6 Å². The molecule has 0 saturated heterocycles. The summed E-state index contributed by atoms with van der Waals surface area (Å²) < 4.78 is 6.45. The van der Waals surface area contributed by atoms with E-state index in [-0.39, 0.29) is 20.1 Å².